The van der Waals surface area contributed by atoms with Gasteiger partial charge in [0.25, 0.3) is 0 Å². The highest BCUT2D eigenvalue weighted by Crippen LogP contribution is 2.35. The smallest absolute Gasteiger partial charge is 0.416 e. The molecule has 0 saturated carbocycles. The van der Waals surface area contributed by atoms with Crippen molar-refractivity contribution in [2.45, 2.75) is 13.1 Å². The van der Waals surface area contributed by atoms with Gasteiger partial charge in [0.05, 0.1) is 5.56 Å². The summed E-state index contributed by atoms with van der Waals surface area (Å²) in [5, 5.41) is 9.70. The molecule has 0 radical (unpaired) electrons. The Kier molecular flexibility index (Phi) is 3.03. The predicted octanol–water partition coefficient (Wildman–Crippen LogP) is 4.39. The molecule has 94 valence electrons. The molecule has 0 spiro atoms. The second kappa shape index (κ2) is 4.37. The lowest BCUT2D eigenvalue weighted by Crippen LogP contribution is -2.05. The second-order valence-electron chi connectivity index (χ2n) is 4.04. The normalized spacial score (nSPS) is 11.6. The molecule has 18 heavy (non-hydrogen) atoms. The Morgan fingerprint density at radius 2 is 1.61 bits per heavy atom. The van der Waals surface area contributed by atoms with Crippen molar-refractivity contribution in [2.75, 3.05) is 0 Å². The number of alkyl halides is 3. The van der Waals surface area contributed by atoms with E-state index in [0.717, 1.165) is 12.1 Å². The van der Waals surface area contributed by atoms with E-state index in [4.69, 9.17) is 0 Å². The van der Waals surface area contributed by atoms with Crippen molar-refractivity contribution in [3.8, 4) is 16.9 Å². The van der Waals surface area contributed by atoms with Crippen LogP contribution in [0.25, 0.3) is 11.1 Å². The third-order valence-corrected chi connectivity index (χ3v) is 2.75. The van der Waals surface area contributed by atoms with Crippen molar-refractivity contribution < 1.29 is 18.3 Å². The summed E-state index contributed by atoms with van der Waals surface area (Å²) in [6, 6.07) is 10.1. The Morgan fingerprint density at radius 1 is 0.944 bits per heavy atom. The van der Waals surface area contributed by atoms with Crippen LogP contribution in [0.15, 0.2) is 42.5 Å². The number of rotatable bonds is 1. The first kappa shape index (κ1) is 12.5. The molecule has 0 aromatic heterocycles. The van der Waals surface area contributed by atoms with Gasteiger partial charge >= 0.3 is 6.18 Å². The molecule has 0 aliphatic rings. The molecule has 2 aromatic rings. The Balaban J connectivity index is 2.52. The van der Waals surface area contributed by atoms with Crippen molar-refractivity contribution in [1.29, 1.82) is 0 Å². The number of aryl methyl sites for hydroxylation is 1. The molecule has 2 aromatic carbocycles. The maximum Gasteiger partial charge on any atom is 0.416 e. The summed E-state index contributed by atoms with van der Waals surface area (Å²) in [6.07, 6.45) is -4.35. The minimum Gasteiger partial charge on any atom is -0.507 e. The second-order valence-corrected chi connectivity index (χ2v) is 4.04. The molecule has 0 aliphatic heterocycles. The quantitative estimate of drug-likeness (QED) is 0.798. The lowest BCUT2D eigenvalue weighted by atomic mass is 9.97. The van der Waals surface area contributed by atoms with E-state index in [9.17, 15) is 18.3 Å². The van der Waals surface area contributed by atoms with Gasteiger partial charge in [0, 0.05) is 5.56 Å². The van der Waals surface area contributed by atoms with Crippen LogP contribution in [0.3, 0.4) is 0 Å². The molecule has 0 aliphatic carbocycles. The van der Waals surface area contributed by atoms with E-state index >= 15 is 0 Å². The van der Waals surface area contributed by atoms with E-state index in [-0.39, 0.29) is 5.75 Å². The van der Waals surface area contributed by atoms with Crippen molar-refractivity contribution in [2.24, 2.45) is 0 Å². The first-order valence-corrected chi connectivity index (χ1v) is 5.36. The number of para-hydroxylation sites is 1. The zero-order chi connectivity index (χ0) is 13.3. The fraction of sp³-hybridized carbons (Fsp3) is 0.143. The van der Waals surface area contributed by atoms with Crippen LogP contribution >= 0.6 is 0 Å². The molecule has 0 saturated heterocycles. The Labute approximate surface area is 103 Å². The fourth-order valence-corrected chi connectivity index (χ4v) is 1.84. The zero-order valence-corrected chi connectivity index (χ0v) is 9.62. The van der Waals surface area contributed by atoms with Crippen LogP contribution < -0.4 is 0 Å². The number of benzene rings is 2. The van der Waals surface area contributed by atoms with Crippen molar-refractivity contribution in [1.82, 2.24) is 0 Å². The van der Waals surface area contributed by atoms with Gasteiger partial charge in [-0.2, -0.15) is 13.2 Å². The number of hydrogen-bond donors (Lipinski definition) is 1. The van der Waals surface area contributed by atoms with Crippen LogP contribution in [0.4, 0.5) is 13.2 Å². The lowest BCUT2D eigenvalue weighted by molar-refractivity contribution is -0.137. The lowest BCUT2D eigenvalue weighted by Gasteiger charge is -2.12. The van der Waals surface area contributed by atoms with Gasteiger partial charge in [-0.15, -0.1) is 0 Å². The van der Waals surface area contributed by atoms with E-state index in [1.165, 1.54) is 12.1 Å². The predicted molar refractivity (Wildman–Crippen MR) is 63.3 cm³/mol. The third-order valence-electron chi connectivity index (χ3n) is 2.75. The Hall–Kier alpha value is -1.97. The first-order chi connectivity index (χ1) is 8.39. The van der Waals surface area contributed by atoms with Crippen molar-refractivity contribution >= 4 is 0 Å². The van der Waals surface area contributed by atoms with Crippen LogP contribution in [0.1, 0.15) is 11.1 Å². The van der Waals surface area contributed by atoms with E-state index < -0.39 is 11.7 Å². The highest BCUT2D eigenvalue weighted by Gasteiger charge is 2.30. The van der Waals surface area contributed by atoms with Crippen LogP contribution in [0, 0.1) is 6.92 Å². The summed E-state index contributed by atoms with van der Waals surface area (Å²) in [5.41, 5.74) is 0.926. The van der Waals surface area contributed by atoms with Crippen molar-refractivity contribution in [3.05, 3.63) is 53.6 Å². The molecule has 0 amide bonds. The SMILES string of the molecule is Cc1cc(C(F)(F)F)ccc1-c1ccccc1O. The summed E-state index contributed by atoms with van der Waals surface area (Å²) < 4.78 is 37.6. The van der Waals surface area contributed by atoms with Crippen LogP contribution in [0.5, 0.6) is 5.75 Å². The van der Waals surface area contributed by atoms with E-state index in [0.29, 0.717) is 16.7 Å². The van der Waals surface area contributed by atoms with Gasteiger partial charge in [-0.05, 0) is 36.2 Å². The topological polar surface area (TPSA) is 20.2 Å². The number of halogens is 3. The van der Waals surface area contributed by atoms with Crippen LogP contribution in [-0.2, 0) is 6.18 Å². The minimum absolute atomic E-state index is 0.0559. The standard InChI is InChI=1S/C14H11F3O/c1-9-8-10(14(15,16)17)6-7-11(9)12-4-2-3-5-13(12)18/h2-8,18H,1H3. The van der Waals surface area contributed by atoms with Gasteiger partial charge in [-0.1, -0.05) is 24.3 Å². The summed E-state index contributed by atoms with van der Waals surface area (Å²) >= 11 is 0. The summed E-state index contributed by atoms with van der Waals surface area (Å²) in [5.74, 6) is 0.0559. The first-order valence-electron chi connectivity index (χ1n) is 5.36. The van der Waals surface area contributed by atoms with Gasteiger partial charge in [0.15, 0.2) is 0 Å². The van der Waals surface area contributed by atoms with Crippen LogP contribution in [-0.4, -0.2) is 5.11 Å². The monoisotopic (exact) mass is 252 g/mol. The molecular weight excluding hydrogens is 241 g/mol. The van der Waals surface area contributed by atoms with E-state index in [1.807, 2.05) is 0 Å². The van der Waals surface area contributed by atoms with Gasteiger partial charge in [0.1, 0.15) is 5.75 Å². The maximum absolute atomic E-state index is 12.5. The molecule has 1 nitrogen and oxygen atoms in total. The Bertz CT molecular complexity index is 573. The number of aromatic hydroxyl groups is 1. The highest BCUT2D eigenvalue weighted by molar-refractivity contribution is 5.73. The molecule has 4 heteroatoms. The molecule has 0 fully saturated rings. The third kappa shape index (κ3) is 2.32. The van der Waals surface area contributed by atoms with Gasteiger partial charge in [-0.3, -0.25) is 0 Å². The summed E-state index contributed by atoms with van der Waals surface area (Å²) in [6.45, 7) is 1.59. The number of hydrogen-bond acceptors (Lipinski definition) is 1. The average Bonchev–Trinajstić information content (AvgIpc) is 2.29. The number of phenolic OH excluding ortho intramolecular Hbond substituents is 1. The molecule has 0 unspecified atom stereocenters. The minimum atomic E-state index is -4.35. The largest absolute Gasteiger partial charge is 0.507 e. The molecule has 0 atom stereocenters. The summed E-state index contributed by atoms with van der Waals surface area (Å²) in [4.78, 5) is 0. The maximum atomic E-state index is 12.5. The molecular formula is C14H11F3O. The number of phenols is 1. The van der Waals surface area contributed by atoms with E-state index in [1.54, 1.807) is 25.1 Å². The molecule has 0 heterocycles. The van der Waals surface area contributed by atoms with Gasteiger partial charge < -0.3 is 5.11 Å². The van der Waals surface area contributed by atoms with Gasteiger partial charge in [0.2, 0.25) is 0 Å². The van der Waals surface area contributed by atoms with E-state index in [2.05, 4.69) is 0 Å². The average molecular weight is 252 g/mol. The van der Waals surface area contributed by atoms with Crippen LogP contribution in [0.2, 0.25) is 0 Å². The molecule has 0 bridgehead atoms. The summed E-state index contributed by atoms with van der Waals surface area (Å²) in [7, 11) is 0. The van der Waals surface area contributed by atoms with Crippen molar-refractivity contribution in [3.63, 3.8) is 0 Å². The van der Waals surface area contributed by atoms with Gasteiger partial charge in [-0.25, -0.2) is 0 Å². The zero-order valence-electron chi connectivity index (χ0n) is 9.62. The molecule has 1 N–H and O–H groups in total. The Morgan fingerprint density at radius 3 is 2.17 bits per heavy atom. The fourth-order valence-electron chi connectivity index (χ4n) is 1.84. The highest BCUT2D eigenvalue weighted by atomic mass is 19.4. The molecule has 2 rings (SSSR count).